The summed E-state index contributed by atoms with van der Waals surface area (Å²) in [4.78, 5) is 14.8. The Morgan fingerprint density at radius 2 is 1.95 bits per heavy atom. The van der Waals surface area contributed by atoms with Gasteiger partial charge < -0.3 is 11.1 Å². The normalized spacial score (nSPS) is 40.3. The Morgan fingerprint density at radius 3 is 2.57 bits per heavy atom. The standard InChI is InChI=1S/C17H31N3O/c1-2-9-19-17(16(18)21)8-4-7-15(10-17)20-11-13-5-3-6-14(13)12-20/h13-15,19H,2-12H2,1H3,(H2,18,21). The molecule has 0 aromatic carbocycles. The fraction of sp³-hybridized carbons (Fsp3) is 0.941. The first-order valence-corrected chi connectivity index (χ1v) is 8.93. The van der Waals surface area contributed by atoms with E-state index in [0.29, 0.717) is 6.04 Å². The highest BCUT2D eigenvalue weighted by molar-refractivity contribution is 5.84. The number of hydrogen-bond acceptors (Lipinski definition) is 3. The van der Waals surface area contributed by atoms with Gasteiger partial charge >= 0.3 is 0 Å². The van der Waals surface area contributed by atoms with Crippen LogP contribution in [0.5, 0.6) is 0 Å². The van der Waals surface area contributed by atoms with Crippen LogP contribution in [0, 0.1) is 11.8 Å². The van der Waals surface area contributed by atoms with Gasteiger partial charge in [-0.15, -0.1) is 0 Å². The first-order valence-electron chi connectivity index (χ1n) is 8.93. The van der Waals surface area contributed by atoms with Crippen molar-refractivity contribution in [1.29, 1.82) is 0 Å². The second-order valence-corrected chi connectivity index (χ2v) is 7.53. The molecule has 3 aliphatic rings. The lowest BCUT2D eigenvalue weighted by Gasteiger charge is -2.42. The van der Waals surface area contributed by atoms with Crippen molar-refractivity contribution in [3.8, 4) is 0 Å². The molecule has 4 nitrogen and oxygen atoms in total. The average molecular weight is 293 g/mol. The third-order valence-corrected chi connectivity index (χ3v) is 6.18. The number of nitrogens with one attached hydrogen (secondary N) is 1. The topological polar surface area (TPSA) is 58.4 Å². The predicted octanol–water partition coefficient (Wildman–Crippen LogP) is 1.88. The molecular formula is C17H31N3O. The molecule has 1 saturated heterocycles. The van der Waals surface area contributed by atoms with Crippen molar-refractivity contribution >= 4 is 5.91 Å². The maximum Gasteiger partial charge on any atom is 0.237 e. The first kappa shape index (κ1) is 15.3. The van der Waals surface area contributed by atoms with E-state index in [4.69, 9.17) is 5.73 Å². The summed E-state index contributed by atoms with van der Waals surface area (Å²) in [6.45, 7) is 5.56. The number of amides is 1. The Balaban J connectivity index is 1.65. The number of likely N-dealkylation sites (tertiary alicyclic amines) is 1. The molecule has 0 aromatic heterocycles. The van der Waals surface area contributed by atoms with E-state index in [1.165, 1.54) is 38.8 Å². The van der Waals surface area contributed by atoms with Crippen LogP contribution < -0.4 is 11.1 Å². The smallest absolute Gasteiger partial charge is 0.237 e. The number of carbonyl (C=O) groups excluding carboxylic acids is 1. The van der Waals surface area contributed by atoms with Gasteiger partial charge in [0.15, 0.2) is 0 Å². The molecule has 3 rings (SSSR count). The summed E-state index contributed by atoms with van der Waals surface area (Å²) in [5.74, 6) is 1.72. The summed E-state index contributed by atoms with van der Waals surface area (Å²) in [7, 11) is 0. The van der Waals surface area contributed by atoms with E-state index in [9.17, 15) is 4.79 Å². The van der Waals surface area contributed by atoms with Crippen molar-refractivity contribution in [2.75, 3.05) is 19.6 Å². The van der Waals surface area contributed by atoms with Gasteiger partial charge in [0, 0.05) is 19.1 Å². The molecule has 0 bridgehead atoms. The van der Waals surface area contributed by atoms with E-state index in [1.807, 2.05) is 0 Å². The van der Waals surface area contributed by atoms with Gasteiger partial charge in [-0.05, 0) is 63.3 Å². The average Bonchev–Trinajstić information content (AvgIpc) is 3.06. The molecule has 4 unspecified atom stereocenters. The summed E-state index contributed by atoms with van der Waals surface area (Å²) >= 11 is 0. The van der Waals surface area contributed by atoms with Crippen LogP contribution in [-0.4, -0.2) is 42.0 Å². The zero-order valence-corrected chi connectivity index (χ0v) is 13.4. The molecular weight excluding hydrogens is 262 g/mol. The van der Waals surface area contributed by atoms with E-state index >= 15 is 0 Å². The van der Waals surface area contributed by atoms with Gasteiger partial charge in [0.05, 0.1) is 5.54 Å². The summed E-state index contributed by atoms with van der Waals surface area (Å²) in [5, 5.41) is 3.49. The lowest BCUT2D eigenvalue weighted by atomic mass is 9.77. The number of fused-ring (bicyclic) bond motifs is 1. The van der Waals surface area contributed by atoms with Gasteiger partial charge in [-0.25, -0.2) is 0 Å². The van der Waals surface area contributed by atoms with Crippen LogP contribution in [0.25, 0.3) is 0 Å². The summed E-state index contributed by atoms with van der Waals surface area (Å²) < 4.78 is 0. The minimum absolute atomic E-state index is 0.139. The second-order valence-electron chi connectivity index (χ2n) is 7.53. The van der Waals surface area contributed by atoms with Crippen LogP contribution in [0.1, 0.15) is 58.3 Å². The minimum atomic E-state index is -0.448. The largest absolute Gasteiger partial charge is 0.368 e. The van der Waals surface area contributed by atoms with Crippen molar-refractivity contribution in [2.45, 2.75) is 69.9 Å². The quantitative estimate of drug-likeness (QED) is 0.814. The fourth-order valence-electron chi connectivity index (χ4n) is 4.96. The van der Waals surface area contributed by atoms with Crippen molar-refractivity contribution in [3.05, 3.63) is 0 Å². The van der Waals surface area contributed by atoms with Gasteiger partial charge in [0.1, 0.15) is 0 Å². The predicted molar refractivity (Wildman–Crippen MR) is 84.9 cm³/mol. The maximum atomic E-state index is 12.1. The fourth-order valence-corrected chi connectivity index (χ4v) is 4.96. The molecule has 4 atom stereocenters. The lowest BCUT2D eigenvalue weighted by Crippen LogP contribution is -2.60. The lowest BCUT2D eigenvalue weighted by molar-refractivity contribution is -0.126. The van der Waals surface area contributed by atoms with E-state index in [-0.39, 0.29) is 5.91 Å². The second kappa shape index (κ2) is 6.25. The van der Waals surface area contributed by atoms with Crippen LogP contribution in [0.4, 0.5) is 0 Å². The molecule has 1 heterocycles. The SMILES string of the molecule is CCCNC1(C(N)=O)CCCC(N2CC3CCCC3C2)C1. The number of nitrogens with two attached hydrogens (primary N) is 1. The van der Waals surface area contributed by atoms with Crippen molar-refractivity contribution in [3.63, 3.8) is 0 Å². The highest BCUT2D eigenvalue weighted by Gasteiger charge is 2.45. The molecule has 1 aliphatic heterocycles. The minimum Gasteiger partial charge on any atom is -0.368 e. The summed E-state index contributed by atoms with van der Waals surface area (Å²) in [6.07, 6.45) is 9.51. The molecule has 0 spiro atoms. The molecule has 120 valence electrons. The number of hydrogen-bond donors (Lipinski definition) is 2. The zero-order valence-electron chi connectivity index (χ0n) is 13.4. The van der Waals surface area contributed by atoms with Crippen LogP contribution in [0.15, 0.2) is 0 Å². The van der Waals surface area contributed by atoms with Gasteiger partial charge in [0.25, 0.3) is 0 Å². The molecule has 21 heavy (non-hydrogen) atoms. The number of carbonyl (C=O) groups is 1. The molecule has 4 heteroatoms. The summed E-state index contributed by atoms with van der Waals surface area (Å²) in [6, 6.07) is 0.557. The molecule has 0 radical (unpaired) electrons. The monoisotopic (exact) mass is 293 g/mol. The van der Waals surface area contributed by atoms with Gasteiger partial charge in [-0.2, -0.15) is 0 Å². The molecule has 2 saturated carbocycles. The molecule has 3 fully saturated rings. The Hall–Kier alpha value is -0.610. The highest BCUT2D eigenvalue weighted by atomic mass is 16.1. The van der Waals surface area contributed by atoms with Gasteiger partial charge in [-0.1, -0.05) is 13.3 Å². The Labute approximate surface area is 128 Å². The molecule has 3 N–H and O–H groups in total. The number of nitrogens with zero attached hydrogens (tertiary/aromatic N) is 1. The van der Waals surface area contributed by atoms with Crippen LogP contribution in [0.2, 0.25) is 0 Å². The Bertz CT molecular complexity index is 374. The molecule has 2 aliphatic carbocycles. The maximum absolute atomic E-state index is 12.1. The van der Waals surface area contributed by atoms with Crippen molar-refractivity contribution in [1.82, 2.24) is 10.2 Å². The Morgan fingerprint density at radius 1 is 1.24 bits per heavy atom. The highest BCUT2D eigenvalue weighted by Crippen LogP contribution is 2.41. The zero-order chi connectivity index (χ0) is 14.9. The third-order valence-electron chi connectivity index (χ3n) is 6.18. The first-order chi connectivity index (χ1) is 10.1. The van der Waals surface area contributed by atoms with Crippen LogP contribution in [0.3, 0.4) is 0 Å². The molecule has 1 amide bonds. The van der Waals surface area contributed by atoms with E-state index in [0.717, 1.165) is 44.1 Å². The van der Waals surface area contributed by atoms with E-state index < -0.39 is 5.54 Å². The number of primary amides is 1. The Kier molecular flexibility index (Phi) is 4.55. The van der Waals surface area contributed by atoms with Gasteiger partial charge in [-0.3, -0.25) is 9.69 Å². The van der Waals surface area contributed by atoms with E-state index in [2.05, 4.69) is 17.1 Å². The third kappa shape index (κ3) is 2.98. The van der Waals surface area contributed by atoms with Crippen molar-refractivity contribution in [2.24, 2.45) is 17.6 Å². The summed E-state index contributed by atoms with van der Waals surface area (Å²) in [5.41, 5.74) is 5.33. The van der Waals surface area contributed by atoms with Crippen molar-refractivity contribution < 1.29 is 4.79 Å². The van der Waals surface area contributed by atoms with Crippen LogP contribution in [-0.2, 0) is 4.79 Å². The van der Waals surface area contributed by atoms with Crippen LogP contribution >= 0.6 is 0 Å². The van der Waals surface area contributed by atoms with E-state index in [1.54, 1.807) is 0 Å². The van der Waals surface area contributed by atoms with Gasteiger partial charge in [0.2, 0.25) is 5.91 Å². The number of rotatable bonds is 5. The molecule has 0 aromatic rings.